The summed E-state index contributed by atoms with van der Waals surface area (Å²) in [5, 5.41) is 3.83. The van der Waals surface area contributed by atoms with E-state index in [1.54, 1.807) is 6.92 Å². The first-order valence-corrected chi connectivity index (χ1v) is 5.74. The molecule has 0 fully saturated rings. The van der Waals surface area contributed by atoms with Crippen molar-refractivity contribution in [1.82, 2.24) is 0 Å². The number of anilines is 2. The molecule has 116 valence electrons. The number of benzene rings is 1. The molecule has 0 saturated carbocycles. The monoisotopic (exact) mass is 310 g/mol. The zero-order valence-electron chi connectivity index (χ0n) is 10.7. The van der Waals surface area contributed by atoms with Crippen molar-refractivity contribution in [2.24, 2.45) is 0 Å². The topological polar surface area (TPSA) is 58.2 Å². The molecular formula is C12H11F5N2O2. The number of amides is 2. The number of carbonyl (C=O) groups is 2. The van der Waals surface area contributed by atoms with Crippen LogP contribution in [0.1, 0.15) is 13.3 Å². The number of alkyl halides is 5. The van der Waals surface area contributed by atoms with Gasteiger partial charge in [-0.1, -0.05) is 13.0 Å². The minimum atomic E-state index is -5.98. The highest BCUT2D eigenvalue weighted by Gasteiger charge is 2.63. The lowest BCUT2D eigenvalue weighted by atomic mass is 10.2. The summed E-state index contributed by atoms with van der Waals surface area (Å²) in [6.45, 7) is 1.57. The van der Waals surface area contributed by atoms with E-state index in [2.05, 4.69) is 5.32 Å². The van der Waals surface area contributed by atoms with Gasteiger partial charge in [0.2, 0.25) is 5.91 Å². The van der Waals surface area contributed by atoms with Crippen molar-refractivity contribution < 1.29 is 31.5 Å². The van der Waals surface area contributed by atoms with Gasteiger partial charge >= 0.3 is 18.0 Å². The number of carbonyl (C=O) groups excluding carboxylic acids is 2. The second kappa shape index (κ2) is 6.06. The Morgan fingerprint density at radius 3 is 2.05 bits per heavy atom. The van der Waals surface area contributed by atoms with Gasteiger partial charge < -0.3 is 10.6 Å². The summed E-state index contributed by atoms with van der Waals surface area (Å²) in [7, 11) is 0. The van der Waals surface area contributed by atoms with Crippen LogP contribution in [-0.4, -0.2) is 23.9 Å². The lowest BCUT2D eigenvalue weighted by Crippen LogP contribution is -2.47. The Bertz CT molecular complexity index is 543. The van der Waals surface area contributed by atoms with Gasteiger partial charge in [-0.05, 0) is 18.2 Å². The van der Waals surface area contributed by atoms with Gasteiger partial charge in [0, 0.05) is 17.8 Å². The number of nitrogens with one attached hydrogen (secondary N) is 2. The Morgan fingerprint density at radius 1 is 1.05 bits per heavy atom. The molecule has 0 spiro atoms. The highest BCUT2D eigenvalue weighted by Crippen LogP contribution is 2.36. The molecule has 1 aromatic carbocycles. The minimum absolute atomic E-state index is 0.155. The van der Waals surface area contributed by atoms with E-state index < -0.39 is 18.0 Å². The first kappa shape index (κ1) is 16.9. The molecular weight excluding hydrogens is 299 g/mol. The van der Waals surface area contributed by atoms with E-state index in [1.165, 1.54) is 17.4 Å². The van der Waals surface area contributed by atoms with Gasteiger partial charge in [-0.2, -0.15) is 22.0 Å². The fraction of sp³-hybridized carbons (Fsp3) is 0.333. The third-order valence-electron chi connectivity index (χ3n) is 2.37. The van der Waals surface area contributed by atoms with Crippen molar-refractivity contribution in [1.29, 1.82) is 0 Å². The van der Waals surface area contributed by atoms with Gasteiger partial charge in [0.15, 0.2) is 0 Å². The highest BCUT2D eigenvalue weighted by atomic mass is 19.4. The zero-order valence-corrected chi connectivity index (χ0v) is 10.7. The Kier molecular flexibility index (Phi) is 4.87. The molecule has 0 heterocycles. The van der Waals surface area contributed by atoms with Gasteiger partial charge in [-0.3, -0.25) is 9.59 Å². The minimum Gasteiger partial charge on any atom is -0.326 e. The van der Waals surface area contributed by atoms with E-state index in [9.17, 15) is 31.5 Å². The van der Waals surface area contributed by atoms with E-state index >= 15 is 0 Å². The molecule has 1 aromatic rings. The smallest absolute Gasteiger partial charge is 0.326 e. The molecule has 1 rings (SSSR count). The molecule has 9 heteroatoms. The van der Waals surface area contributed by atoms with Crippen molar-refractivity contribution >= 4 is 23.2 Å². The molecule has 2 N–H and O–H groups in total. The summed E-state index contributed by atoms with van der Waals surface area (Å²) in [5.41, 5.74) is -0.132. The summed E-state index contributed by atoms with van der Waals surface area (Å²) in [4.78, 5) is 22.1. The maximum Gasteiger partial charge on any atom is 0.463 e. The van der Waals surface area contributed by atoms with Crippen LogP contribution in [0.15, 0.2) is 24.3 Å². The van der Waals surface area contributed by atoms with Gasteiger partial charge in [-0.25, -0.2) is 0 Å². The van der Waals surface area contributed by atoms with Crippen LogP contribution in [-0.2, 0) is 9.59 Å². The van der Waals surface area contributed by atoms with Crippen molar-refractivity contribution in [3.63, 3.8) is 0 Å². The predicted octanol–water partition coefficient (Wildman–Crippen LogP) is 3.17. The average Bonchev–Trinajstić information content (AvgIpc) is 2.37. The molecule has 0 radical (unpaired) electrons. The normalized spacial score (nSPS) is 11.9. The molecule has 2 amide bonds. The van der Waals surface area contributed by atoms with Crippen LogP contribution in [0, 0.1) is 0 Å². The van der Waals surface area contributed by atoms with Gasteiger partial charge in [0.25, 0.3) is 0 Å². The van der Waals surface area contributed by atoms with E-state index in [4.69, 9.17) is 0 Å². The largest absolute Gasteiger partial charge is 0.463 e. The van der Waals surface area contributed by atoms with E-state index in [0.717, 1.165) is 12.1 Å². The number of hydrogen-bond acceptors (Lipinski definition) is 2. The molecule has 4 nitrogen and oxygen atoms in total. The third-order valence-corrected chi connectivity index (χ3v) is 2.37. The maximum atomic E-state index is 12.8. The SMILES string of the molecule is CCC(=O)Nc1cccc(NC(=O)C(F)(F)C(F)(F)F)c1. The molecule has 0 bridgehead atoms. The Hall–Kier alpha value is -2.19. The Balaban J connectivity index is 2.87. The van der Waals surface area contributed by atoms with Gasteiger partial charge in [0.1, 0.15) is 0 Å². The summed E-state index contributed by atoms with van der Waals surface area (Å²) < 4.78 is 61.6. The van der Waals surface area contributed by atoms with Crippen LogP contribution in [0.4, 0.5) is 33.3 Å². The van der Waals surface area contributed by atoms with Gasteiger partial charge in [-0.15, -0.1) is 0 Å². The highest BCUT2D eigenvalue weighted by molar-refractivity contribution is 5.97. The summed E-state index contributed by atoms with van der Waals surface area (Å²) in [5.74, 6) is -8.37. The molecule has 0 aliphatic heterocycles. The number of hydrogen-bond donors (Lipinski definition) is 2. The third kappa shape index (κ3) is 4.14. The number of halogens is 5. The second-order valence-electron chi connectivity index (χ2n) is 4.01. The summed E-state index contributed by atoms with van der Waals surface area (Å²) >= 11 is 0. The summed E-state index contributed by atoms with van der Waals surface area (Å²) in [6.07, 6.45) is -5.83. The molecule has 0 aliphatic carbocycles. The van der Waals surface area contributed by atoms with Gasteiger partial charge in [0.05, 0.1) is 0 Å². The maximum absolute atomic E-state index is 12.8. The lowest BCUT2D eigenvalue weighted by molar-refractivity contribution is -0.267. The molecule has 0 aliphatic rings. The van der Waals surface area contributed by atoms with E-state index in [1.807, 2.05) is 0 Å². The second-order valence-corrected chi connectivity index (χ2v) is 4.01. The van der Waals surface area contributed by atoms with Crippen molar-refractivity contribution in [3.05, 3.63) is 24.3 Å². The standard InChI is InChI=1S/C12H11F5N2O2/c1-2-9(20)18-7-4-3-5-8(6-7)19-10(21)11(13,14)12(15,16)17/h3-6H,2H2,1H3,(H,18,20)(H,19,21). The quantitative estimate of drug-likeness (QED) is 0.839. The van der Waals surface area contributed by atoms with Crippen LogP contribution in [0.25, 0.3) is 0 Å². The van der Waals surface area contributed by atoms with Crippen LogP contribution in [0.2, 0.25) is 0 Å². The number of rotatable bonds is 4. The lowest BCUT2D eigenvalue weighted by Gasteiger charge is -2.18. The fourth-order valence-corrected chi connectivity index (χ4v) is 1.26. The van der Waals surface area contributed by atoms with E-state index in [0.29, 0.717) is 0 Å². The first-order chi connectivity index (χ1) is 9.57. The fourth-order valence-electron chi connectivity index (χ4n) is 1.26. The summed E-state index contributed by atoms with van der Waals surface area (Å²) in [6, 6.07) is 4.86. The van der Waals surface area contributed by atoms with E-state index in [-0.39, 0.29) is 23.7 Å². The van der Waals surface area contributed by atoms with Crippen LogP contribution >= 0.6 is 0 Å². The van der Waals surface area contributed by atoms with Crippen LogP contribution in [0.3, 0.4) is 0 Å². The first-order valence-electron chi connectivity index (χ1n) is 5.74. The Labute approximate surface area is 116 Å². The van der Waals surface area contributed by atoms with Crippen LogP contribution in [0.5, 0.6) is 0 Å². The molecule has 0 atom stereocenters. The van der Waals surface area contributed by atoms with Crippen molar-refractivity contribution in [3.8, 4) is 0 Å². The zero-order chi connectivity index (χ0) is 16.3. The van der Waals surface area contributed by atoms with Crippen molar-refractivity contribution in [2.45, 2.75) is 25.4 Å². The average molecular weight is 310 g/mol. The molecule has 0 unspecified atom stereocenters. The van der Waals surface area contributed by atoms with Crippen LogP contribution < -0.4 is 10.6 Å². The predicted molar refractivity (Wildman–Crippen MR) is 65.0 cm³/mol. The molecule has 0 aromatic heterocycles. The Morgan fingerprint density at radius 2 is 1.57 bits per heavy atom. The molecule has 0 saturated heterocycles. The molecule has 21 heavy (non-hydrogen) atoms. The van der Waals surface area contributed by atoms with Crippen molar-refractivity contribution in [2.75, 3.05) is 10.6 Å².